The molecular weight excluding hydrogens is 212 g/mol. The quantitative estimate of drug-likeness (QED) is 0.237. The Kier molecular flexibility index (Phi) is 5.63. The molecule has 0 aromatic heterocycles. The first kappa shape index (κ1) is 12.8. The SMILES string of the molecule is COC(=O)C(NCCN=[N+]=[N-])C1CCCO1. The largest absolute Gasteiger partial charge is 0.468 e. The number of hydrogen-bond donors (Lipinski definition) is 1. The van der Waals surface area contributed by atoms with Crippen LogP contribution in [0.4, 0.5) is 0 Å². The lowest BCUT2D eigenvalue weighted by molar-refractivity contribution is -0.146. The lowest BCUT2D eigenvalue weighted by atomic mass is 10.1. The molecule has 1 aliphatic heterocycles. The Hall–Kier alpha value is -1.30. The Morgan fingerprint density at radius 1 is 1.81 bits per heavy atom. The zero-order valence-corrected chi connectivity index (χ0v) is 9.26. The fraction of sp³-hybridized carbons (Fsp3) is 0.889. The number of esters is 1. The van der Waals surface area contributed by atoms with Crippen molar-refractivity contribution in [1.82, 2.24) is 5.32 Å². The van der Waals surface area contributed by atoms with Gasteiger partial charge in [-0.25, -0.2) is 0 Å². The molecular formula is C9H16N4O3. The van der Waals surface area contributed by atoms with Crippen molar-refractivity contribution in [2.45, 2.75) is 25.0 Å². The van der Waals surface area contributed by atoms with Gasteiger partial charge in [0.05, 0.1) is 13.2 Å². The molecule has 1 saturated heterocycles. The maximum Gasteiger partial charge on any atom is 0.325 e. The molecule has 0 radical (unpaired) electrons. The van der Waals surface area contributed by atoms with E-state index >= 15 is 0 Å². The molecule has 0 amide bonds. The smallest absolute Gasteiger partial charge is 0.325 e. The van der Waals surface area contributed by atoms with Crippen LogP contribution in [0.3, 0.4) is 0 Å². The van der Waals surface area contributed by atoms with Gasteiger partial charge in [-0.3, -0.25) is 4.79 Å². The minimum atomic E-state index is -0.471. The standard InChI is InChI=1S/C9H16N4O3/c1-15-9(14)8(7-3-2-6-16-7)11-4-5-12-13-10/h7-8,11H,2-6H2,1H3. The Morgan fingerprint density at radius 2 is 2.62 bits per heavy atom. The molecule has 7 heteroatoms. The second-order valence-corrected chi connectivity index (χ2v) is 3.46. The van der Waals surface area contributed by atoms with Gasteiger partial charge in [-0.2, -0.15) is 0 Å². The summed E-state index contributed by atoms with van der Waals surface area (Å²) < 4.78 is 10.1. The summed E-state index contributed by atoms with van der Waals surface area (Å²) in [6.45, 7) is 1.41. The van der Waals surface area contributed by atoms with Crippen LogP contribution >= 0.6 is 0 Å². The zero-order valence-electron chi connectivity index (χ0n) is 9.26. The second kappa shape index (κ2) is 7.05. The molecule has 90 valence electrons. The van der Waals surface area contributed by atoms with Gasteiger partial charge in [0.25, 0.3) is 0 Å². The number of carbonyl (C=O) groups excluding carboxylic acids is 1. The molecule has 7 nitrogen and oxygen atoms in total. The first-order valence-corrected chi connectivity index (χ1v) is 5.23. The van der Waals surface area contributed by atoms with E-state index in [4.69, 9.17) is 15.0 Å². The summed E-state index contributed by atoms with van der Waals surface area (Å²) in [7, 11) is 1.35. The van der Waals surface area contributed by atoms with Crippen molar-refractivity contribution >= 4 is 5.97 Å². The molecule has 0 spiro atoms. The summed E-state index contributed by atoms with van der Waals surface area (Å²) in [6, 6.07) is -0.471. The summed E-state index contributed by atoms with van der Waals surface area (Å²) >= 11 is 0. The van der Waals surface area contributed by atoms with E-state index in [0.717, 1.165) is 12.8 Å². The van der Waals surface area contributed by atoms with Gasteiger partial charge in [0.2, 0.25) is 0 Å². The number of azide groups is 1. The van der Waals surface area contributed by atoms with Crippen molar-refractivity contribution in [2.75, 3.05) is 26.8 Å². The summed E-state index contributed by atoms with van der Waals surface area (Å²) in [5.74, 6) is -0.340. The van der Waals surface area contributed by atoms with E-state index in [9.17, 15) is 4.79 Å². The molecule has 0 aromatic rings. The van der Waals surface area contributed by atoms with Crippen LogP contribution in [-0.2, 0) is 14.3 Å². The summed E-state index contributed by atoms with van der Waals surface area (Å²) in [6.07, 6.45) is 1.66. The van der Waals surface area contributed by atoms with Crippen molar-refractivity contribution < 1.29 is 14.3 Å². The summed E-state index contributed by atoms with van der Waals surface area (Å²) in [5, 5.41) is 6.36. The number of ether oxygens (including phenoxy) is 2. The molecule has 16 heavy (non-hydrogen) atoms. The summed E-state index contributed by atoms with van der Waals surface area (Å²) in [5.41, 5.74) is 8.11. The molecule has 2 unspecified atom stereocenters. The first-order chi connectivity index (χ1) is 7.79. The van der Waals surface area contributed by atoms with Crippen LogP contribution in [0.2, 0.25) is 0 Å². The van der Waals surface area contributed by atoms with Crippen molar-refractivity contribution in [3.63, 3.8) is 0 Å². The molecule has 1 N–H and O–H groups in total. The van der Waals surface area contributed by atoms with Gasteiger partial charge in [0.15, 0.2) is 0 Å². The third-order valence-corrected chi connectivity index (χ3v) is 2.43. The van der Waals surface area contributed by atoms with Gasteiger partial charge in [-0.1, -0.05) is 5.11 Å². The number of methoxy groups -OCH3 is 1. The van der Waals surface area contributed by atoms with E-state index < -0.39 is 6.04 Å². The third kappa shape index (κ3) is 3.69. The lowest BCUT2D eigenvalue weighted by Gasteiger charge is -2.21. The first-order valence-electron chi connectivity index (χ1n) is 5.23. The predicted octanol–water partition coefficient (Wildman–Crippen LogP) is 0.607. The number of rotatable bonds is 6. The van der Waals surface area contributed by atoms with E-state index in [1.807, 2.05) is 0 Å². The van der Waals surface area contributed by atoms with E-state index in [0.29, 0.717) is 19.7 Å². The van der Waals surface area contributed by atoms with Crippen LogP contribution in [-0.4, -0.2) is 44.9 Å². The highest BCUT2D eigenvalue weighted by atomic mass is 16.5. The predicted molar refractivity (Wildman–Crippen MR) is 56.8 cm³/mol. The molecule has 1 aliphatic rings. The van der Waals surface area contributed by atoms with Gasteiger partial charge in [0, 0.05) is 24.6 Å². The van der Waals surface area contributed by atoms with Crippen molar-refractivity contribution in [2.24, 2.45) is 5.11 Å². The van der Waals surface area contributed by atoms with E-state index in [1.54, 1.807) is 0 Å². The number of nitrogens with zero attached hydrogens (tertiary/aromatic N) is 3. The maximum absolute atomic E-state index is 11.5. The lowest BCUT2D eigenvalue weighted by Crippen LogP contribution is -2.47. The normalized spacial score (nSPS) is 21.2. The topological polar surface area (TPSA) is 96.3 Å². The molecule has 0 aromatic carbocycles. The summed E-state index contributed by atoms with van der Waals surface area (Å²) in [4.78, 5) is 14.1. The van der Waals surface area contributed by atoms with Gasteiger partial charge >= 0.3 is 5.97 Å². The van der Waals surface area contributed by atoms with Crippen LogP contribution in [0.25, 0.3) is 10.4 Å². The molecule has 0 saturated carbocycles. The highest BCUT2D eigenvalue weighted by Gasteiger charge is 2.31. The maximum atomic E-state index is 11.5. The minimum Gasteiger partial charge on any atom is -0.468 e. The molecule has 2 atom stereocenters. The van der Waals surface area contributed by atoms with Crippen LogP contribution in [0.15, 0.2) is 5.11 Å². The third-order valence-electron chi connectivity index (χ3n) is 2.43. The fourth-order valence-corrected chi connectivity index (χ4v) is 1.67. The van der Waals surface area contributed by atoms with Gasteiger partial charge in [0.1, 0.15) is 6.04 Å². The van der Waals surface area contributed by atoms with Gasteiger partial charge in [-0.15, -0.1) is 0 Å². The molecule has 0 bridgehead atoms. The Labute approximate surface area is 93.7 Å². The zero-order chi connectivity index (χ0) is 11.8. The van der Waals surface area contributed by atoms with Crippen molar-refractivity contribution in [3.05, 3.63) is 10.4 Å². The van der Waals surface area contributed by atoms with Crippen molar-refractivity contribution in [1.29, 1.82) is 0 Å². The Balaban J connectivity index is 2.43. The van der Waals surface area contributed by atoms with E-state index in [-0.39, 0.29) is 12.1 Å². The molecule has 1 fully saturated rings. The van der Waals surface area contributed by atoms with Crippen LogP contribution in [0, 0.1) is 0 Å². The van der Waals surface area contributed by atoms with Crippen molar-refractivity contribution in [3.8, 4) is 0 Å². The monoisotopic (exact) mass is 228 g/mol. The number of nitrogens with one attached hydrogen (secondary N) is 1. The Bertz CT molecular complexity index is 272. The number of carbonyl (C=O) groups is 1. The van der Waals surface area contributed by atoms with Gasteiger partial charge < -0.3 is 14.8 Å². The van der Waals surface area contributed by atoms with E-state index in [1.165, 1.54) is 7.11 Å². The second-order valence-electron chi connectivity index (χ2n) is 3.46. The minimum absolute atomic E-state index is 0.140. The molecule has 1 rings (SSSR count). The highest BCUT2D eigenvalue weighted by Crippen LogP contribution is 2.16. The average molecular weight is 228 g/mol. The highest BCUT2D eigenvalue weighted by molar-refractivity contribution is 5.76. The average Bonchev–Trinajstić information content (AvgIpc) is 2.82. The molecule has 0 aliphatic carbocycles. The number of hydrogen-bond acceptors (Lipinski definition) is 5. The van der Waals surface area contributed by atoms with Crippen LogP contribution in [0.1, 0.15) is 12.8 Å². The van der Waals surface area contributed by atoms with E-state index in [2.05, 4.69) is 15.3 Å². The van der Waals surface area contributed by atoms with Gasteiger partial charge in [-0.05, 0) is 18.4 Å². The molecule has 1 heterocycles. The van der Waals surface area contributed by atoms with Crippen LogP contribution < -0.4 is 5.32 Å². The fourth-order valence-electron chi connectivity index (χ4n) is 1.67. The van der Waals surface area contributed by atoms with Crippen LogP contribution in [0.5, 0.6) is 0 Å². The Morgan fingerprint density at radius 3 is 3.19 bits per heavy atom.